The molecule has 0 radical (unpaired) electrons. The number of ether oxygens (including phenoxy) is 1. The molecule has 1 atom stereocenters. The van der Waals surface area contributed by atoms with E-state index in [2.05, 4.69) is 19.9 Å². The third-order valence-electron chi connectivity index (χ3n) is 2.96. The second-order valence-corrected chi connectivity index (χ2v) is 5.02. The smallest absolute Gasteiger partial charge is 0.123 e. The number of aliphatic hydroxyl groups is 1. The normalized spacial score (nSPS) is 19.0. The fourth-order valence-corrected chi connectivity index (χ4v) is 2.17. The first-order chi connectivity index (χ1) is 7.52. The van der Waals surface area contributed by atoms with Crippen LogP contribution in [0.1, 0.15) is 37.4 Å². The molecule has 1 heterocycles. The van der Waals surface area contributed by atoms with Crippen molar-refractivity contribution in [2.45, 2.75) is 38.3 Å². The summed E-state index contributed by atoms with van der Waals surface area (Å²) in [5.41, 5.74) is 8.15. The van der Waals surface area contributed by atoms with Crippen molar-refractivity contribution in [2.24, 2.45) is 5.73 Å². The number of hydrogen-bond donors (Lipinski definition) is 2. The minimum atomic E-state index is -0.109. The highest BCUT2D eigenvalue weighted by Gasteiger charge is 2.30. The number of rotatable bonds is 3. The van der Waals surface area contributed by atoms with Crippen molar-refractivity contribution in [2.75, 3.05) is 6.61 Å². The molecular formula is C13H19NO2. The van der Waals surface area contributed by atoms with Crippen molar-refractivity contribution in [3.63, 3.8) is 0 Å². The van der Waals surface area contributed by atoms with Crippen LogP contribution in [0.3, 0.4) is 0 Å². The monoisotopic (exact) mass is 221 g/mol. The van der Waals surface area contributed by atoms with Crippen LogP contribution < -0.4 is 10.5 Å². The van der Waals surface area contributed by atoms with Crippen molar-refractivity contribution < 1.29 is 9.84 Å². The Kier molecular flexibility index (Phi) is 2.91. The molecule has 1 aliphatic rings. The lowest BCUT2D eigenvalue weighted by Crippen LogP contribution is -2.24. The lowest BCUT2D eigenvalue weighted by atomic mass is 9.97. The average molecular weight is 221 g/mol. The molecule has 3 nitrogen and oxygen atoms in total. The molecule has 2 rings (SSSR count). The fraction of sp³-hybridized carbons (Fsp3) is 0.538. The van der Waals surface area contributed by atoms with E-state index in [0.29, 0.717) is 6.42 Å². The maximum Gasteiger partial charge on any atom is 0.123 e. The lowest BCUT2D eigenvalue weighted by molar-refractivity contribution is 0.138. The Balaban J connectivity index is 2.22. The van der Waals surface area contributed by atoms with Crippen LogP contribution in [0.15, 0.2) is 18.2 Å². The van der Waals surface area contributed by atoms with Crippen molar-refractivity contribution in [3.8, 4) is 5.75 Å². The van der Waals surface area contributed by atoms with Gasteiger partial charge in [-0.2, -0.15) is 0 Å². The van der Waals surface area contributed by atoms with Crippen LogP contribution in [0.2, 0.25) is 0 Å². The molecule has 0 saturated heterocycles. The van der Waals surface area contributed by atoms with Crippen LogP contribution in [-0.2, 0) is 6.42 Å². The Morgan fingerprint density at radius 2 is 2.25 bits per heavy atom. The number of benzene rings is 1. The predicted molar refractivity (Wildman–Crippen MR) is 63.5 cm³/mol. The third kappa shape index (κ3) is 2.20. The van der Waals surface area contributed by atoms with Gasteiger partial charge in [-0.1, -0.05) is 12.1 Å². The van der Waals surface area contributed by atoms with Crippen LogP contribution in [0.25, 0.3) is 0 Å². The van der Waals surface area contributed by atoms with Gasteiger partial charge in [0.1, 0.15) is 11.4 Å². The van der Waals surface area contributed by atoms with E-state index in [4.69, 9.17) is 15.6 Å². The summed E-state index contributed by atoms with van der Waals surface area (Å²) in [4.78, 5) is 0. The molecule has 88 valence electrons. The number of fused-ring (bicyclic) bond motifs is 1. The molecule has 1 aromatic carbocycles. The Labute approximate surface area is 96.2 Å². The van der Waals surface area contributed by atoms with Crippen LogP contribution >= 0.6 is 0 Å². The van der Waals surface area contributed by atoms with Gasteiger partial charge in [0, 0.05) is 19.1 Å². The summed E-state index contributed by atoms with van der Waals surface area (Å²) in [6.07, 6.45) is 1.52. The topological polar surface area (TPSA) is 55.5 Å². The summed E-state index contributed by atoms with van der Waals surface area (Å²) < 4.78 is 5.80. The second kappa shape index (κ2) is 4.07. The Bertz CT molecular complexity index is 388. The summed E-state index contributed by atoms with van der Waals surface area (Å²) in [5.74, 6) is 0.963. The van der Waals surface area contributed by atoms with E-state index in [1.807, 2.05) is 12.1 Å². The number of nitrogens with two attached hydrogens (primary N) is 1. The summed E-state index contributed by atoms with van der Waals surface area (Å²) in [5, 5.41) is 8.87. The van der Waals surface area contributed by atoms with E-state index in [1.54, 1.807) is 0 Å². The van der Waals surface area contributed by atoms with Gasteiger partial charge in [0.25, 0.3) is 0 Å². The molecule has 1 aliphatic heterocycles. The van der Waals surface area contributed by atoms with E-state index in [9.17, 15) is 0 Å². The van der Waals surface area contributed by atoms with E-state index >= 15 is 0 Å². The molecule has 3 N–H and O–H groups in total. The first-order valence-corrected chi connectivity index (χ1v) is 5.70. The van der Waals surface area contributed by atoms with Crippen molar-refractivity contribution in [1.82, 2.24) is 0 Å². The van der Waals surface area contributed by atoms with E-state index in [-0.39, 0.29) is 18.2 Å². The minimum absolute atomic E-state index is 0.0842. The van der Waals surface area contributed by atoms with E-state index in [0.717, 1.165) is 17.7 Å². The van der Waals surface area contributed by atoms with Crippen molar-refractivity contribution >= 4 is 0 Å². The van der Waals surface area contributed by atoms with Crippen molar-refractivity contribution in [1.29, 1.82) is 0 Å². The number of hydrogen-bond acceptors (Lipinski definition) is 3. The molecule has 0 spiro atoms. The Morgan fingerprint density at radius 1 is 1.50 bits per heavy atom. The summed E-state index contributed by atoms with van der Waals surface area (Å²) >= 11 is 0. The zero-order chi connectivity index (χ0) is 11.8. The van der Waals surface area contributed by atoms with Gasteiger partial charge in [0.2, 0.25) is 0 Å². The van der Waals surface area contributed by atoms with Gasteiger partial charge in [-0.25, -0.2) is 0 Å². The molecule has 0 saturated carbocycles. The molecule has 0 aromatic heterocycles. The minimum Gasteiger partial charge on any atom is -0.487 e. The summed E-state index contributed by atoms with van der Waals surface area (Å²) in [6.45, 7) is 4.29. The largest absolute Gasteiger partial charge is 0.487 e. The van der Waals surface area contributed by atoms with Gasteiger partial charge in [0.15, 0.2) is 0 Å². The number of aliphatic hydroxyl groups excluding tert-OH is 1. The highest BCUT2D eigenvalue weighted by molar-refractivity contribution is 5.42. The van der Waals surface area contributed by atoms with Gasteiger partial charge in [0.05, 0.1) is 0 Å². The standard InChI is InChI=1S/C13H19NO2/c1-13(2)8-10-7-9(11(14)5-6-15)3-4-12(10)16-13/h3-4,7,11,15H,5-6,8,14H2,1-2H3. The Morgan fingerprint density at radius 3 is 2.94 bits per heavy atom. The molecular weight excluding hydrogens is 202 g/mol. The average Bonchev–Trinajstić information content (AvgIpc) is 2.50. The van der Waals surface area contributed by atoms with Crippen LogP contribution in [-0.4, -0.2) is 17.3 Å². The van der Waals surface area contributed by atoms with E-state index in [1.165, 1.54) is 5.56 Å². The first-order valence-electron chi connectivity index (χ1n) is 5.70. The van der Waals surface area contributed by atoms with Gasteiger partial charge < -0.3 is 15.6 Å². The molecule has 0 aliphatic carbocycles. The van der Waals surface area contributed by atoms with Crippen LogP contribution in [0, 0.1) is 0 Å². The summed E-state index contributed by atoms with van der Waals surface area (Å²) in [7, 11) is 0. The highest BCUT2D eigenvalue weighted by atomic mass is 16.5. The molecule has 0 bridgehead atoms. The molecule has 0 fully saturated rings. The lowest BCUT2D eigenvalue weighted by Gasteiger charge is -2.16. The van der Waals surface area contributed by atoms with Gasteiger partial charge in [-0.05, 0) is 37.5 Å². The molecule has 0 amide bonds. The third-order valence-corrected chi connectivity index (χ3v) is 2.96. The van der Waals surface area contributed by atoms with Gasteiger partial charge in [-0.3, -0.25) is 0 Å². The molecule has 16 heavy (non-hydrogen) atoms. The zero-order valence-corrected chi connectivity index (χ0v) is 9.86. The van der Waals surface area contributed by atoms with Crippen molar-refractivity contribution in [3.05, 3.63) is 29.3 Å². The molecule has 3 heteroatoms. The summed E-state index contributed by atoms with van der Waals surface area (Å²) in [6, 6.07) is 5.99. The van der Waals surface area contributed by atoms with Crippen LogP contribution in [0.5, 0.6) is 5.75 Å². The Hall–Kier alpha value is -1.06. The van der Waals surface area contributed by atoms with Gasteiger partial charge in [-0.15, -0.1) is 0 Å². The molecule has 1 aromatic rings. The quantitative estimate of drug-likeness (QED) is 0.818. The highest BCUT2D eigenvalue weighted by Crippen LogP contribution is 2.36. The SMILES string of the molecule is CC1(C)Cc2cc(C(N)CCO)ccc2O1. The molecule has 1 unspecified atom stereocenters. The zero-order valence-electron chi connectivity index (χ0n) is 9.86. The first kappa shape index (κ1) is 11.4. The predicted octanol–water partition coefficient (Wildman–Crippen LogP) is 1.78. The second-order valence-electron chi connectivity index (χ2n) is 5.02. The van der Waals surface area contributed by atoms with Crippen LogP contribution in [0.4, 0.5) is 0 Å². The van der Waals surface area contributed by atoms with Gasteiger partial charge >= 0.3 is 0 Å². The fourth-order valence-electron chi connectivity index (χ4n) is 2.17. The maximum absolute atomic E-state index is 8.87. The van der Waals surface area contributed by atoms with E-state index < -0.39 is 0 Å². The maximum atomic E-state index is 8.87.